The lowest BCUT2D eigenvalue weighted by Crippen LogP contribution is -2.39. The van der Waals surface area contributed by atoms with E-state index < -0.39 is 10.0 Å². The molecule has 0 heterocycles. The Kier molecular flexibility index (Phi) is 5.81. The Labute approximate surface area is 145 Å². The zero-order chi connectivity index (χ0) is 18.0. The van der Waals surface area contributed by atoms with E-state index in [1.54, 1.807) is 12.1 Å². The molecule has 2 rings (SSSR count). The number of rotatable bonds is 5. The van der Waals surface area contributed by atoms with Gasteiger partial charge in [0, 0.05) is 12.1 Å². The average molecular weight is 356 g/mol. The van der Waals surface area contributed by atoms with E-state index in [1.807, 2.05) is 0 Å². The molecule has 1 aliphatic carbocycles. The Morgan fingerprint density at radius 1 is 1.04 bits per heavy atom. The molecule has 1 aliphatic rings. The molecular formula is C18H29NO4S. The highest BCUT2D eigenvalue weighted by atomic mass is 32.2. The SMILES string of the molecule is COc1ccc(S(=O)(=O)NC2CCC(C(C)(C)C)CC2)c(OC)c1. The van der Waals surface area contributed by atoms with E-state index in [4.69, 9.17) is 9.47 Å². The molecule has 1 aromatic carbocycles. The lowest BCUT2D eigenvalue weighted by Gasteiger charge is -2.37. The standard InChI is InChI=1S/C18H29NO4S/c1-18(2,3)13-6-8-14(9-7-13)19-24(20,21)17-11-10-15(22-4)12-16(17)23-5/h10-14,19H,6-9H2,1-5H3. The number of benzene rings is 1. The van der Waals surface area contributed by atoms with Crippen LogP contribution in [-0.4, -0.2) is 28.7 Å². The van der Waals surface area contributed by atoms with E-state index in [1.165, 1.54) is 20.3 Å². The van der Waals surface area contributed by atoms with Gasteiger partial charge in [-0.3, -0.25) is 0 Å². The van der Waals surface area contributed by atoms with Gasteiger partial charge in [0.15, 0.2) is 0 Å². The Morgan fingerprint density at radius 3 is 2.17 bits per heavy atom. The fourth-order valence-electron chi connectivity index (χ4n) is 3.36. The summed E-state index contributed by atoms with van der Waals surface area (Å²) >= 11 is 0. The minimum atomic E-state index is -3.61. The van der Waals surface area contributed by atoms with Crippen molar-refractivity contribution in [1.29, 1.82) is 0 Å². The van der Waals surface area contributed by atoms with Gasteiger partial charge in [0.1, 0.15) is 16.4 Å². The molecule has 6 heteroatoms. The normalized spacial score (nSPS) is 22.2. The molecule has 0 amide bonds. The number of hydrogen-bond acceptors (Lipinski definition) is 4. The maximum atomic E-state index is 12.7. The van der Waals surface area contributed by atoms with Crippen LogP contribution < -0.4 is 14.2 Å². The molecule has 5 nitrogen and oxygen atoms in total. The van der Waals surface area contributed by atoms with E-state index in [2.05, 4.69) is 25.5 Å². The van der Waals surface area contributed by atoms with Crippen molar-refractivity contribution in [3.05, 3.63) is 18.2 Å². The van der Waals surface area contributed by atoms with Crippen LogP contribution in [0.15, 0.2) is 23.1 Å². The fourth-order valence-corrected chi connectivity index (χ4v) is 4.81. The smallest absolute Gasteiger partial charge is 0.244 e. The first-order valence-electron chi connectivity index (χ1n) is 8.41. The first-order chi connectivity index (χ1) is 11.2. The molecule has 24 heavy (non-hydrogen) atoms. The Balaban J connectivity index is 2.10. The average Bonchev–Trinajstić information content (AvgIpc) is 2.53. The van der Waals surface area contributed by atoms with Crippen LogP contribution in [0.1, 0.15) is 46.5 Å². The molecule has 0 aromatic heterocycles. The van der Waals surface area contributed by atoms with E-state index in [-0.39, 0.29) is 16.4 Å². The van der Waals surface area contributed by atoms with Crippen molar-refractivity contribution in [3.8, 4) is 11.5 Å². The maximum Gasteiger partial charge on any atom is 0.244 e. The van der Waals surface area contributed by atoms with Gasteiger partial charge in [0.2, 0.25) is 10.0 Å². The molecule has 1 aromatic rings. The van der Waals surface area contributed by atoms with Crippen molar-refractivity contribution in [1.82, 2.24) is 4.72 Å². The third-order valence-electron chi connectivity index (χ3n) is 4.93. The summed E-state index contributed by atoms with van der Waals surface area (Å²) in [5.41, 5.74) is 0.281. The molecule has 0 aliphatic heterocycles. The summed E-state index contributed by atoms with van der Waals surface area (Å²) in [5, 5.41) is 0. The number of hydrogen-bond donors (Lipinski definition) is 1. The van der Waals surface area contributed by atoms with E-state index in [0.29, 0.717) is 17.4 Å². The minimum Gasteiger partial charge on any atom is -0.497 e. The van der Waals surface area contributed by atoms with Crippen LogP contribution in [0.5, 0.6) is 11.5 Å². The van der Waals surface area contributed by atoms with E-state index in [0.717, 1.165) is 25.7 Å². The number of sulfonamides is 1. The van der Waals surface area contributed by atoms with Crippen LogP contribution >= 0.6 is 0 Å². The second kappa shape index (κ2) is 7.31. The van der Waals surface area contributed by atoms with Gasteiger partial charge in [-0.1, -0.05) is 20.8 Å². The first-order valence-corrected chi connectivity index (χ1v) is 9.90. The summed E-state index contributed by atoms with van der Waals surface area (Å²) in [4.78, 5) is 0.156. The summed E-state index contributed by atoms with van der Waals surface area (Å²) in [7, 11) is -0.614. The van der Waals surface area contributed by atoms with Crippen molar-refractivity contribution in [2.45, 2.75) is 57.4 Å². The minimum absolute atomic E-state index is 0.0135. The third kappa shape index (κ3) is 4.42. The summed E-state index contributed by atoms with van der Waals surface area (Å²) in [5.74, 6) is 1.51. The first kappa shape index (κ1) is 19.1. The molecule has 1 N–H and O–H groups in total. The maximum absolute atomic E-state index is 12.7. The van der Waals surface area contributed by atoms with Gasteiger partial charge in [-0.2, -0.15) is 0 Å². The second-order valence-corrected chi connectivity index (χ2v) is 9.24. The van der Waals surface area contributed by atoms with E-state index >= 15 is 0 Å². The Hall–Kier alpha value is -1.27. The molecule has 0 atom stereocenters. The largest absolute Gasteiger partial charge is 0.497 e. The second-order valence-electron chi connectivity index (χ2n) is 7.55. The summed E-state index contributed by atoms with van der Waals surface area (Å²) in [6, 6.07) is 4.74. The third-order valence-corrected chi connectivity index (χ3v) is 6.49. The van der Waals surface area contributed by atoms with Crippen LogP contribution in [0, 0.1) is 11.3 Å². The highest BCUT2D eigenvalue weighted by molar-refractivity contribution is 7.89. The van der Waals surface area contributed by atoms with Gasteiger partial charge in [0.05, 0.1) is 14.2 Å². The molecule has 0 unspecified atom stereocenters. The highest BCUT2D eigenvalue weighted by Gasteiger charge is 2.32. The van der Waals surface area contributed by atoms with Crippen LogP contribution in [0.25, 0.3) is 0 Å². The molecule has 1 fully saturated rings. The van der Waals surface area contributed by atoms with Crippen LogP contribution in [0.3, 0.4) is 0 Å². The Morgan fingerprint density at radius 2 is 1.67 bits per heavy atom. The van der Waals surface area contributed by atoms with Crippen molar-refractivity contribution >= 4 is 10.0 Å². The lowest BCUT2D eigenvalue weighted by atomic mass is 9.71. The molecule has 1 saturated carbocycles. The van der Waals surface area contributed by atoms with Gasteiger partial charge in [-0.05, 0) is 49.1 Å². The molecule has 0 saturated heterocycles. The predicted octanol–water partition coefficient (Wildman–Crippen LogP) is 3.59. The molecular weight excluding hydrogens is 326 g/mol. The zero-order valence-corrected chi connectivity index (χ0v) is 16.1. The number of ether oxygens (including phenoxy) is 2. The summed E-state index contributed by atoms with van der Waals surface area (Å²) in [6.45, 7) is 6.76. The lowest BCUT2D eigenvalue weighted by molar-refractivity contribution is 0.166. The van der Waals surface area contributed by atoms with E-state index in [9.17, 15) is 8.42 Å². The van der Waals surface area contributed by atoms with Crippen LogP contribution in [0.4, 0.5) is 0 Å². The van der Waals surface area contributed by atoms with Crippen molar-refractivity contribution in [3.63, 3.8) is 0 Å². The molecule has 0 spiro atoms. The van der Waals surface area contributed by atoms with Gasteiger partial charge in [-0.15, -0.1) is 0 Å². The molecule has 0 radical (unpaired) electrons. The van der Waals surface area contributed by atoms with Crippen molar-refractivity contribution in [2.75, 3.05) is 14.2 Å². The van der Waals surface area contributed by atoms with Gasteiger partial charge >= 0.3 is 0 Å². The predicted molar refractivity (Wildman–Crippen MR) is 95.1 cm³/mol. The summed E-state index contributed by atoms with van der Waals surface area (Å²) < 4.78 is 38.6. The van der Waals surface area contributed by atoms with Crippen molar-refractivity contribution in [2.24, 2.45) is 11.3 Å². The van der Waals surface area contributed by atoms with Crippen molar-refractivity contribution < 1.29 is 17.9 Å². The van der Waals surface area contributed by atoms with Crippen LogP contribution in [0.2, 0.25) is 0 Å². The van der Waals surface area contributed by atoms with Gasteiger partial charge < -0.3 is 9.47 Å². The molecule has 136 valence electrons. The quantitative estimate of drug-likeness (QED) is 0.877. The fraction of sp³-hybridized carbons (Fsp3) is 0.667. The number of nitrogens with one attached hydrogen (secondary N) is 1. The zero-order valence-electron chi connectivity index (χ0n) is 15.3. The van der Waals surface area contributed by atoms with Crippen LogP contribution in [-0.2, 0) is 10.0 Å². The number of methoxy groups -OCH3 is 2. The molecule has 0 bridgehead atoms. The van der Waals surface area contributed by atoms with Gasteiger partial charge in [-0.25, -0.2) is 13.1 Å². The summed E-state index contributed by atoms with van der Waals surface area (Å²) in [6.07, 6.45) is 3.85. The van der Waals surface area contributed by atoms with Gasteiger partial charge in [0.25, 0.3) is 0 Å². The highest BCUT2D eigenvalue weighted by Crippen LogP contribution is 2.38. The Bertz CT molecular complexity index is 656. The monoisotopic (exact) mass is 355 g/mol. The topological polar surface area (TPSA) is 64.6 Å².